The van der Waals surface area contributed by atoms with Crippen molar-refractivity contribution >= 4 is 15.8 Å². The highest BCUT2D eigenvalue weighted by Crippen LogP contribution is 2.37. The topological polar surface area (TPSA) is 55.8 Å². The van der Waals surface area contributed by atoms with Crippen molar-refractivity contribution in [2.45, 2.75) is 31.5 Å². The van der Waals surface area contributed by atoms with Crippen LogP contribution in [0.5, 0.6) is 5.75 Å². The third-order valence-corrected chi connectivity index (χ3v) is 6.25. The fourth-order valence-corrected chi connectivity index (χ4v) is 4.64. The second-order valence-electron chi connectivity index (χ2n) is 7.13. The molecule has 5 nitrogen and oxygen atoms in total. The van der Waals surface area contributed by atoms with Gasteiger partial charge < -0.3 is 9.64 Å². The van der Waals surface area contributed by atoms with Gasteiger partial charge in [0.05, 0.1) is 12.9 Å². The Morgan fingerprint density at radius 3 is 2.53 bits per heavy atom. The van der Waals surface area contributed by atoms with Crippen LogP contribution in [0.25, 0.3) is 0 Å². The lowest BCUT2D eigenvalue weighted by Crippen LogP contribution is -2.32. The molecule has 0 aromatic heterocycles. The van der Waals surface area contributed by atoms with Crippen LogP contribution in [0, 0.1) is 0 Å². The number of anilines is 1. The molecule has 2 aromatic rings. The van der Waals surface area contributed by atoms with Crippen molar-refractivity contribution in [3.05, 3.63) is 59.7 Å². The molecule has 0 bridgehead atoms. The summed E-state index contributed by atoms with van der Waals surface area (Å²) in [5, 5.41) is 0. The van der Waals surface area contributed by atoms with Crippen LogP contribution < -0.4 is 9.64 Å². The minimum atomic E-state index is -4.84. The lowest BCUT2D eigenvalue weighted by atomic mass is 10.0. The number of fused-ring (bicyclic) bond motifs is 1. The standard InChI is InChI=1S/C21H24F3NO4S/c1-28-18-11-10-16-9-5-12-25(19(16)15-18)13-6-14-30(26,27)29-20(21(22,23)24)17-7-3-2-4-8-17/h2-4,7-8,10-11,15,20H,5-6,9,12-14H2,1H3. The molecule has 3 rings (SSSR count). The Bertz CT molecular complexity index is 948. The summed E-state index contributed by atoms with van der Waals surface area (Å²) in [6.07, 6.45) is -5.35. The fraction of sp³-hybridized carbons (Fsp3) is 0.429. The Labute approximate surface area is 174 Å². The van der Waals surface area contributed by atoms with E-state index in [2.05, 4.69) is 4.18 Å². The lowest BCUT2D eigenvalue weighted by molar-refractivity contribution is -0.196. The first-order valence-corrected chi connectivity index (χ1v) is 11.2. The van der Waals surface area contributed by atoms with Crippen LogP contribution in [0.1, 0.15) is 30.1 Å². The van der Waals surface area contributed by atoms with Crippen LogP contribution in [-0.2, 0) is 20.7 Å². The van der Waals surface area contributed by atoms with Gasteiger partial charge in [0.25, 0.3) is 10.1 Å². The number of nitrogens with zero attached hydrogens (tertiary/aromatic N) is 1. The third kappa shape index (κ3) is 5.66. The van der Waals surface area contributed by atoms with Gasteiger partial charge in [-0.2, -0.15) is 21.6 Å². The molecule has 0 saturated carbocycles. The van der Waals surface area contributed by atoms with Gasteiger partial charge in [0.2, 0.25) is 0 Å². The molecule has 0 saturated heterocycles. The predicted molar refractivity (Wildman–Crippen MR) is 108 cm³/mol. The lowest BCUT2D eigenvalue weighted by Gasteiger charge is -2.31. The highest BCUT2D eigenvalue weighted by atomic mass is 32.2. The van der Waals surface area contributed by atoms with Crippen molar-refractivity contribution in [3.63, 3.8) is 0 Å². The Morgan fingerprint density at radius 1 is 1.13 bits per heavy atom. The van der Waals surface area contributed by atoms with Crippen molar-refractivity contribution in [1.29, 1.82) is 0 Å². The van der Waals surface area contributed by atoms with E-state index in [0.717, 1.165) is 30.6 Å². The molecule has 0 N–H and O–H groups in total. The van der Waals surface area contributed by atoms with Crippen molar-refractivity contribution < 1.29 is 30.5 Å². The summed E-state index contributed by atoms with van der Waals surface area (Å²) in [7, 11) is -2.80. The van der Waals surface area contributed by atoms with E-state index in [1.807, 2.05) is 23.1 Å². The molecule has 1 atom stereocenters. The highest BCUT2D eigenvalue weighted by molar-refractivity contribution is 7.86. The first kappa shape index (κ1) is 22.4. The van der Waals surface area contributed by atoms with Gasteiger partial charge in [-0.25, -0.2) is 0 Å². The summed E-state index contributed by atoms with van der Waals surface area (Å²) in [5.41, 5.74) is 1.87. The van der Waals surface area contributed by atoms with Crippen LogP contribution in [0.3, 0.4) is 0 Å². The largest absolute Gasteiger partial charge is 0.497 e. The number of aryl methyl sites for hydroxylation is 1. The van der Waals surface area contributed by atoms with Gasteiger partial charge in [0, 0.05) is 24.8 Å². The van der Waals surface area contributed by atoms with E-state index in [9.17, 15) is 21.6 Å². The summed E-state index contributed by atoms with van der Waals surface area (Å²) in [4.78, 5) is 2.04. The predicted octanol–water partition coefficient (Wildman–Crippen LogP) is 4.49. The molecule has 0 spiro atoms. The van der Waals surface area contributed by atoms with Crippen LogP contribution in [0.15, 0.2) is 48.5 Å². The number of hydrogen-bond acceptors (Lipinski definition) is 5. The van der Waals surface area contributed by atoms with E-state index in [1.54, 1.807) is 13.2 Å². The minimum absolute atomic E-state index is 0.151. The number of alkyl halides is 3. The number of benzene rings is 2. The summed E-state index contributed by atoms with van der Waals surface area (Å²) < 4.78 is 74.6. The van der Waals surface area contributed by atoms with Gasteiger partial charge in [-0.05, 0) is 36.5 Å². The van der Waals surface area contributed by atoms with E-state index < -0.39 is 28.2 Å². The van der Waals surface area contributed by atoms with Crippen molar-refractivity contribution in [1.82, 2.24) is 0 Å². The van der Waals surface area contributed by atoms with Crippen molar-refractivity contribution in [2.24, 2.45) is 0 Å². The zero-order chi connectivity index (χ0) is 21.8. The fourth-order valence-electron chi connectivity index (χ4n) is 3.54. The van der Waals surface area contributed by atoms with Gasteiger partial charge in [-0.3, -0.25) is 4.18 Å². The molecule has 1 aliphatic rings. The normalized spacial score (nSPS) is 15.5. The zero-order valence-electron chi connectivity index (χ0n) is 16.6. The van der Waals surface area contributed by atoms with Gasteiger partial charge in [0.1, 0.15) is 5.75 Å². The molecule has 0 amide bonds. The second kappa shape index (κ2) is 9.26. The average Bonchev–Trinajstić information content (AvgIpc) is 2.71. The Balaban J connectivity index is 1.65. The summed E-state index contributed by atoms with van der Waals surface area (Å²) >= 11 is 0. The quantitative estimate of drug-likeness (QED) is 0.563. The maximum Gasteiger partial charge on any atom is 0.420 e. The number of ether oxygens (including phenoxy) is 1. The smallest absolute Gasteiger partial charge is 0.420 e. The average molecular weight is 443 g/mol. The molecule has 0 radical (unpaired) electrons. The Kier molecular flexibility index (Phi) is 6.92. The van der Waals surface area contributed by atoms with Crippen molar-refractivity contribution in [3.8, 4) is 5.75 Å². The molecule has 1 heterocycles. The summed E-state index contributed by atoms with van der Waals surface area (Å²) in [5.74, 6) is 0.204. The van der Waals surface area contributed by atoms with Crippen molar-refractivity contribution in [2.75, 3.05) is 30.9 Å². The SMILES string of the molecule is COc1ccc2c(c1)N(CCCS(=O)(=O)OC(c1ccccc1)C(F)(F)F)CCC2. The van der Waals surface area contributed by atoms with Gasteiger partial charge in [-0.15, -0.1) is 0 Å². The first-order chi connectivity index (χ1) is 14.2. The van der Waals surface area contributed by atoms with E-state index in [-0.39, 0.29) is 12.0 Å². The number of rotatable bonds is 8. The van der Waals surface area contributed by atoms with E-state index in [0.29, 0.717) is 12.3 Å². The summed E-state index contributed by atoms with van der Waals surface area (Å²) in [6.45, 7) is 1.14. The van der Waals surface area contributed by atoms with Crippen LogP contribution in [-0.4, -0.2) is 40.5 Å². The van der Waals surface area contributed by atoms with Gasteiger partial charge in [0.15, 0.2) is 6.10 Å². The molecule has 0 aliphatic carbocycles. The molecular weight excluding hydrogens is 419 g/mol. The first-order valence-electron chi connectivity index (χ1n) is 9.64. The van der Waals surface area contributed by atoms with Crippen LogP contribution >= 0.6 is 0 Å². The van der Waals surface area contributed by atoms with Crippen LogP contribution in [0.4, 0.5) is 18.9 Å². The monoisotopic (exact) mass is 443 g/mol. The molecule has 30 heavy (non-hydrogen) atoms. The third-order valence-electron chi connectivity index (χ3n) is 4.97. The molecule has 2 aromatic carbocycles. The second-order valence-corrected chi connectivity index (χ2v) is 8.85. The van der Waals surface area contributed by atoms with E-state index >= 15 is 0 Å². The zero-order valence-corrected chi connectivity index (χ0v) is 17.4. The molecule has 9 heteroatoms. The van der Waals surface area contributed by atoms with E-state index in [4.69, 9.17) is 4.74 Å². The molecule has 0 fully saturated rings. The number of methoxy groups -OCH3 is 1. The molecule has 1 unspecified atom stereocenters. The van der Waals surface area contributed by atoms with Gasteiger partial charge >= 0.3 is 6.18 Å². The number of halogens is 3. The van der Waals surface area contributed by atoms with Crippen LogP contribution in [0.2, 0.25) is 0 Å². The Hall–Kier alpha value is -2.26. The minimum Gasteiger partial charge on any atom is -0.497 e. The van der Waals surface area contributed by atoms with Gasteiger partial charge in [-0.1, -0.05) is 36.4 Å². The number of hydrogen-bond donors (Lipinski definition) is 0. The summed E-state index contributed by atoms with van der Waals surface area (Å²) in [6, 6.07) is 12.5. The maximum atomic E-state index is 13.4. The molecule has 1 aliphatic heterocycles. The highest BCUT2D eigenvalue weighted by Gasteiger charge is 2.44. The Morgan fingerprint density at radius 2 is 1.87 bits per heavy atom. The molecule has 164 valence electrons. The molecular formula is C21H24F3NO4S. The van der Waals surface area contributed by atoms with E-state index in [1.165, 1.54) is 24.3 Å². The maximum absolute atomic E-state index is 13.4.